The quantitative estimate of drug-likeness (QED) is 0.567. The average Bonchev–Trinajstić information content (AvgIpc) is 2.44. The molecule has 9 nitrogen and oxygen atoms in total. The van der Waals surface area contributed by atoms with Crippen LogP contribution in [0.5, 0.6) is 5.75 Å². The summed E-state index contributed by atoms with van der Waals surface area (Å²) < 4.78 is 51.0. The Labute approximate surface area is 138 Å². The number of anilines is 1. The molecule has 0 saturated carbocycles. The summed E-state index contributed by atoms with van der Waals surface area (Å²) in [4.78, 5) is 9.99. The van der Waals surface area contributed by atoms with Crippen LogP contribution in [0.4, 0.5) is 5.69 Å². The van der Waals surface area contributed by atoms with Gasteiger partial charge in [0.1, 0.15) is 17.2 Å². The fourth-order valence-corrected chi connectivity index (χ4v) is 3.72. The number of aromatic hydroxyl groups is 1. The van der Waals surface area contributed by atoms with Gasteiger partial charge in [0, 0.05) is 10.8 Å². The van der Waals surface area contributed by atoms with Crippen molar-refractivity contribution in [1.29, 1.82) is 0 Å². The zero-order chi connectivity index (χ0) is 18.1. The topological polar surface area (TPSA) is 150 Å². The minimum Gasteiger partial charge on any atom is -0.506 e. The lowest BCUT2D eigenvalue weighted by molar-refractivity contribution is -0.135. The highest BCUT2D eigenvalue weighted by Crippen LogP contribution is 2.35. The standard InChI is InChI=1S/C13H14N2O7S2/c1-23(19,20)15-10-4-2-3-9-8(10)5-6-11(13(9)18)24(21,22)14-7-12(16)17/h2-6,14-15,18H,7H2,1H3,(H,16,17). The first-order valence-electron chi connectivity index (χ1n) is 6.45. The van der Waals surface area contributed by atoms with Crippen LogP contribution in [-0.2, 0) is 24.8 Å². The zero-order valence-electron chi connectivity index (χ0n) is 12.3. The van der Waals surface area contributed by atoms with Crippen LogP contribution in [0, 0.1) is 0 Å². The maximum Gasteiger partial charge on any atom is 0.318 e. The molecular formula is C13H14N2O7S2. The molecule has 0 bridgehead atoms. The first-order valence-corrected chi connectivity index (χ1v) is 9.83. The Kier molecular flexibility index (Phi) is 4.69. The van der Waals surface area contributed by atoms with Gasteiger partial charge in [-0.25, -0.2) is 16.8 Å². The average molecular weight is 374 g/mol. The van der Waals surface area contributed by atoms with E-state index >= 15 is 0 Å². The second kappa shape index (κ2) is 6.26. The van der Waals surface area contributed by atoms with Crippen molar-refractivity contribution >= 4 is 42.5 Å². The molecule has 4 N–H and O–H groups in total. The molecule has 0 heterocycles. The molecule has 2 aromatic carbocycles. The fourth-order valence-electron chi connectivity index (χ4n) is 2.06. The smallest absolute Gasteiger partial charge is 0.318 e. The first-order chi connectivity index (χ1) is 11.0. The van der Waals surface area contributed by atoms with Crippen molar-refractivity contribution in [1.82, 2.24) is 4.72 Å². The van der Waals surface area contributed by atoms with Crippen molar-refractivity contribution in [3.05, 3.63) is 30.3 Å². The third kappa shape index (κ3) is 3.93. The Balaban J connectivity index is 2.58. The minimum absolute atomic E-state index is 0.0989. The van der Waals surface area contributed by atoms with Gasteiger partial charge in [0.2, 0.25) is 20.0 Å². The number of benzene rings is 2. The largest absolute Gasteiger partial charge is 0.506 e. The SMILES string of the molecule is CS(=O)(=O)Nc1cccc2c(O)c(S(=O)(=O)NCC(=O)O)ccc12. The molecule has 0 fully saturated rings. The Bertz CT molecular complexity index is 1010. The van der Waals surface area contributed by atoms with E-state index in [1.54, 1.807) is 0 Å². The van der Waals surface area contributed by atoms with E-state index in [1.165, 1.54) is 24.3 Å². The molecule has 2 rings (SSSR count). The molecule has 24 heavy (non-hydrogen) atoms. The monoisotopic (exact) mass is 374 g/mol. The van der Waals surface area contributed by atoms with Crippen molar-refractivity contribution < 1.29 is 31.8 Å². The minimum atomic E-state index is -4.24. The van der Waals surface area contributed by atoms with Crippen LogP contribution < -0.4 is 9.44 Å². The summed E-state index contributed by atoms with van der Waals surface area (Å²) in [6, 6.07) is 6.69. The lowest BCUT2D eigenvalue weighted by Crippen LogP contribution is -2.29. The number of hydrogen-bond donors (Lipinski definition) is 4. The van der Waals surface area contributed by atoms with E-state index in [1.807, 2.05) is 4.72 Å². The van der Waals surface area contributed by atoms with Crippen LogP contribution in [0.25, 0.3) is 10.8 Å². The van der Waals surface area contributed by atoms with Crippen molar-refractivity contribution in [2.45, 2.75) is 4.90 Å². The van der Waals surface area contributed by atoms with E-state index in [9.17, 15) is 26.7 Å². The maximum atomic E-state index is 12.1. The molecule has 0 atom stereocenters. The van der Waals surface area contributed by atoms with Crippen LogP contribution in [0.1, 0.15) is 0 Å². The predicted molar refractivity (Wildman–Crippen MR) is 86.9 cm³/mol. The number of carboxylic acid groups (broad SMARTS) is 1. The van der Waals surface area contributed by atoms with Crippen molar-refractivity contribution in [2.75, 3.05) is 17.5 Å². The zero-order valence-corrected chi connectivity index (χ0v) is 14.0. The van der Waals surface area contributed by atoms with Gasteiger partial charge in [-0.15, -0.1) is 0 Å². The number of nitrogens with one attached hydrogen (secondary N) is 2. The highest BCUT2D eigenvalue weighted by Gasteiger charge is 2.22. The van der Waals surface area contributed by atoms with Gasteiger partial charge in [0.05, 0.1) is 11.9 Å². The van der Waals surface area contributed by atoms with Crippen LogP contribution in [0.2, 0.25) is 0 Å². The molecule has 0 spiro atoms. The Hall–Kier alpha value is -2.37. The van der Waals surface area contributed by atoms with Crippen molar-refractivity contribution in [3.8, 4) is 5.75 Å². The molecule has 0 aliphatic carbocycles. The molecule has 11 heteroatoms. The summed E-state index contributed by atoms with van der Waals surface area (Å²) in [6.07, 6.45) is 0.959. The molecule has 0 amide bonds. The third-order valence-electron chi connectivity index (χ3n) is 2.99. The fraction of sp³-hybridized carbons (Fsp3) is 0.154. The molecule has 0 aliphatic heterocycles. The number of fused-ring (bicyclic) bond motifs is 1. The van der Waals surface area contributed by atoms with Crippen LogP contribution >= 0.6 is 0 Å². The second-order valence-corrected chi connectivity index (χ2v) is 8.39. The summed E-state index contributed by atoms with van der Waals surface area (Å²) >= 11 is 0. The number of aliphatic carboxylic acids is 1. The number of phenols is 1. The molecule has 0 aromatic heterocycles. The van der Waals surface area contributed by atoms with Crippen LogP contribution in [-0.4, -0.2) is 45.8 Å². The van der Waals surface area contributed by atoms with Gasteiger partial charge < -0.3 is 10.2 Å². The van der Waals surface area contributed by atoms with E-state index in [0.29, 0.717) is 0 Å². The molecule has 130 valence electrons. The number of carbonyl (C=O) groups is 1. The van der Waals surface area contributed by atoms with Gasteiger partial charge >= 0.3 is 5.97 Å². The number of rotatable bonds is 6. The summed E-state index contributed by atoms with van der Waals surface area (Å²) in [7, 11) is -7.81. The van der Waals surface area contributed by atoms with Crippen molar-refractivity contribution in [3.63, 3.8) is 0 Å². The van der Waals surface area contributed by atoms with E-state index < -0.39 is 43.2 Å². The normalized spacial score (nSPS) is 12.2. The van der Waals surface area contributed by atoms with Crippen LogP contribution in [0.3, 0.4) is 0 Å². The van der Waals surface area contributed by atoms with E-state index in [2.05, 4.69) is 4.72 Å². The molecule has 0 saturated heterocycles. The third-order valence-corrected chi connectivity index (χ3v) is 5.02. The van der Waals surface area contributed by atoms with Gasteiger partial charge in [-0.2, -0.15) is 4.72 Å². The summed E-state index contributed by atoms with van der Waals surface area (Å²) in [5.41, 5.74) is 0.174. The number of hydrogen-bond acceptors (Lipinski definition) is 6. The molecule has 2 aromatic rings. The number of carboxylic acids is 1. The highest BCUT2D eigenvalue weighted by atomic mass is 32.2. The Morgan fingerprint density at radius 2 is 1.75 bits per heavy atom. The number of phenolic OH excluding ortho intramolecular Hbond substituents is 1. The van der Waals surface area contributed by atoms with Crippen molar-refractivity contribution in [2.24, 2.45) is 0 Å². The Morgan fingerprint density at radius 3 is 2.33 bits per heavy atom. The van der Waals surface area contributed by atoms with E-state index in [-0.39, 0.29) is 16.5 Å². The molecular weight excluding hydrogens is 360 g/mol. The van der Waals surface area contributed by atoms with Gasteiger partial charge in [0.25, 0.3) is 0 Å². The molecule has 0 unspecified atom stereocenters. The maximum absolute atomic E-state index is 12.1. The van der Waals surface area contributed by atoms with Crippen LogP contribution in [0.15, 0.2) is 35.2 Å². The molecule has 0 aliphatic rings. The predicted octanol–water partition coefficient (Wildman–Crippen LogP) is 0.280. The summed E-state index contributed by atoms with van der Waals surface area (Å²) in [5.74, 6) is -1.99. The lowest BCUT2D eigenvalue weighted by atomic mass is 10.1. The number of sulfonamides is 2. The summed E-state index contributed by atoms with van der Waals surface area (Å²) in [6.45, 7) is -0.838. The van der Waals surface area contributed by atoms with E-state index in [0.717, 1.165) is 12.3 Å². The Morgan fingerprint density at radius 1 is 1.08 bits per heavy atom. The highest BCUT2D eigenvalue weighted by molar-refractivity contribution is 7.92. The first kappa shape index (κ1) is 18.0. The lowest BCUT2D eigenvalue weighted by Gasteiger charge is -2.12. The summed E-state index contributed by atoms with van der Waals surface area (Å²) in [5, 5.41) is 19.2. The van der Waals surface area contributed by atoms with Gasteiger partial charge in [0.15, 0.2) is 0 Å². The van der Waals surface area contributed by atoms with Gasteiger partial charge in [-0.05, 0) is 12.1 Å². The van der Waals surface area contributed by atoms with Gasteiger partial charge in [-0.1, -0.05) is 18.2 Å². The van der Waals surface area contributed by atoms with Gasteiger partial charge in [-0.3, -0.25) is 9.52 Å². The second-order valence-electron chi connectivity index (χ2n) is 4.91. The molecule has 0 radical (unpaired) electrons. The van der Waals surface area contributed by atoms with E-state index in [4.69, 9.17) is 5.11 Å².